The van der Waals surface area contributed by atoms with E-state index in [-0.39, 0.29) is 5.91 Å². The number of carbonyl (C=O) groups is 1. The van der Waals surface area contributed by atoms with Crippen LogP contribution in [0.2, 0.25) is 0 Å². The lowest BCUT2D eigenvalue weighted by molar-refractivity contribution is -0.139. The van der Waals surface area contributed by atoms with Crippen molar-refractivity contribution in [3.05, 3.63) is 22.7 Å². The number of likely N-dealkylation sites (N-methyl/N-ethyl adjacent to an activating group) is 1. The van der Waals surface area contributed by atoms with Crippen LogP contribution in [-0.2, 0) is 11.8 Å². The fraction of sp³-hybridized carbons (Fsp3) is 0.500. The van der Waals surface area contributed by atoms with Gasteiger partial charge in [0, 0.05) is 37.7 Å². The summed E-state index contributed by atoms with van der Waals surface area (Å²) in [4.78, 5) is 16.6. The van der Waals surface area contributed by atoms with Crippen molar-refractivity contribution in [3.63, 3.8) is 0 Å². The van der Waals surface area contributed by atoms with E-state index in [0.29, 0.717) is 5.88 Å². The molecule has 0 aliphatic carbocycles. The molecule has 0 bridgehead atoms. The molecule has 1 amide bonds. The first-order chi connectivity index (χ1) is 11.0. The van der Waals surface area contributed by atoms with Crippen LogP contribution in [0.25, 0.3) is 10.9 Å². The molecule has 6 nitrogen and oxygen atoms in total. The van der Waals surface area contributed by atoms with Gasteiger partial charge < -0.3 is 14.5 Å². The maximum Gasteiger partial charge on any atom is 0.263 e. The normalized spacial score (nSPS) is 17.5. The molecular weight excluding hydrogens is 360 g/mol. The van der Waals surface area contributed by atoms with E-state index in [1.807, 2.05) is 30.1 Å². The lowest BCUT2D eigenvalue weighted by Crippen LogP contribution is -2.50. The molecule has 1 fully saturated rings. The number of hydrogen-bond acceptors (Lipinski definition) is 4. The molecule has 0 unspecified atom stereocenters. The molecule has 0 N–H and O–H groups in total. The minimum Gasteiger partial charge on any atom is -0.463 e. The second kappa shape index (κ2) is 6.49. The van der Waals surface area contributed by atoms with E-state index >= 15 is 0 Å². The second-order valence-electron chi connectivity index (χ2n) is 5.98. The van der Waals surface area contributed by atoms with Crippen LogP contribution >= 0.6 is 15.9 Å². The first-order valence-corrected chi connectivity index (χ1v) is 8.51. The lowest BCUT2D eigenvalue weighted by atomic mass is 10.2. The van der Waals surface area contributed by atoms with Crippen LogP contribution in [0.3, 0.4) is 0 Å². The van der Waals surface area contributed by atoms with Gasteiger partial charge in [0.2, 0.25) is 5.88 Å². The van der Waals surface area contributed by atoms with Gasteiger partial charge in [-0.05, 0) is 32.2 Å². The minimum atomic E-state index is -0.546. The summed E-state index contributed by atoms with van der Waals surface area (Å²) < 4.78 is 8.61. The second-order valence-corrected chi connectivity index (χ2v) is 6.89. The number of aryl methyl sites for hydroxylation is 1. The molecule has 1 aliphatic heterocycles. The summed E-state index contributed by atoms with van der Waals surface area (Å²) in [6.45, 7) is 5.09. The molecule has 2 heterocycles. The average molecular weight is 381 g/mol. The summed E-state index contributed by atoms with van der Waals surface area (Å²) in [6, 6.07) is 5.91. The third-order valence-corrected chi connectivity index (χ3v) is 4.72. The van der Waals surface area contributed by atoms with Gasteiger partial charge in [-0.2, -0.15) is 0 Å². The lowest BCUT2D eigenvalue weighted by Gasteiger charge is -2.33. The maximum atomic E-state index is 12.6. The standard InChI is InChI=1S/C16H21BrN4O2/c1-11(16(22)21-8-6-19(2)7-9-21)23-15-13-10-12(17)4-5-14(13)20(3)18-15/h4-5,10-11H,6-9H2,1-3H3/t11-/m1/s1. The van der Waals surface area contributed by atoms with Crippen LogP contribution in [-0.4, -0.2) is 64.8 Å². The van der Waals surface area contributed by atoms with Crippen LogP contribution < -0.4 is 4.74 Å². The third kappa shape index (κ3) is 3.35. The van der Waals surface area contributed by atoms with Gasteiger partial charge in [0.25, 0.3) is 5.91 Å². The molecule has 1 aromatic heterocycles. The van der Waals surface area contributed by atoms with E-state index in [4.69, 9.17) is 4.74 Å². The number of fused-ring (bicyclic) bond motifs is 1. The number of benzene rings is 1. The monoisotopic (exact) mass is 380 g/mol. The molecule has 1 atom stereocenters. The quantitative estimate of drug-likeness (QED) is 0.815. The first-order valence-electron chi connectivity index (χ1n) is 7.72. The number of piperazine rings is 1. The van der Waals surface area contributed by atoms with Crippen molar-refractivity contribution in [2.24, 2.45) is 7.05 Å². The van der Waals surface area contributed by atoms with E-state index in [2.05, 4.69) is 33.0 Å². The Morgan fingerprint density at radius 2 is 1.96 bits per heavy atom. The number of halogens is 1. The third-order valence-electron chi connectivity index (χ3n) is 4.23. The number of hydrogen-bond donors (Lipinski definition) is 0. The molecule has 1 aliphatic rings. The predicted molar refractivity (Wildman–Crippen MR) is 92.6 cm³/mol. The van der Waals surface area contributed by atoms with E-state index in [1.54, 1.807) is 11.6 Å². The predicted octanol–water partition coefficient (Wildman–Crippen LogP) is 1.88. The van der Waals surface area contributed by atoms with Crippen LogP contribution in [0.15, 0.2) is 22.7 Å². The van der Waals surface area contributed by atoms with Crippen molar-refractivity contribution in [2.75, 3.05) is 33.2 Å². The van der Waals surface area contributed by atoms with Gasteiger partial charge in [-0.1, -0.05) is 15.9 Å². The van der Waals surface area contributed by atoms with Gasteiger partial charge in [0.1, 0.15) is 0 Å². The Morgan fingerprint density at radius 1 is 1.26 bits per heavy atom. The highest BCUT2D eigenvalue weighted by Gasteiger charge is 2.26. The topological polar surface area (TPSA) is 50.6 Å². The summed E-state index contributed by atoms with van der Waals surface area (Å²) in [6.07, 6.45) is -0.546. The van der Waals surface area contributed by atoms with Crippen molar-refractivity contribution >= 4 is 32.7 Å². The SMILES string of the molecule is C[C@@H](Oc1nn(C)c2ccc(Br)cc12)C(=O)N1CCN(C)CC1. The molecule has 124 valence electrons. The molecule has 1 aromatic carbocycles. The van der Waals surface area contributed by atoms with E-state index in [9.17, 15) is 4.79 Å². The molecule has 0 spiro atoms. The van der Waals surface area contributed by atoms with E-state index in [0.717, 1.165) is 41.6 Å². The number of nitrogens with zero attached hydrogens (tertiary/aromatic N) is 4. The summed E-state index contributed by atoms with van der Waals surface area (Å²) >= 11 is 3.47. The molecule has 7 heteroatoms. The number of ether oxygens (including phenoxy) is 1. The molecule has 0 radical (unpaired) electrons. The molecule has 23 heavy (non-hydrogen) atoms. The summed E-state index contributed by atoms with van der Waals surface area (Å²) in [5.74, 6) is 0.519. The molecule has 1 saturated heterocycles. The zero-order chi connectivity index (χ0) is 16.6. The van der Waals surface area contributed by atoms with Gasteiger partial charge in [-0.25, -0.2) is 0 Å². The Balaban J connectivity index is 1.76. The van der Waals surface area contributed by atoms with Crippen molar-refractivity contribution in [2.45, 2.75) is 13.0 Å². The zero-order valence-electron chi connectivity index (χ0n) is 13.6. The Labute approximate surface area is 144 Å². The van der Waals surface area contributed by atoms with Gasteiger partial charge in [0.15, 0.2) is 6.10 Å². The molecule has 0 saturated carbocycles. The van der Waals surface area contributed by atoms with Crippen LogP contribution in [0, 0.1) is 0 Å². The zero-order valence-corrected chi connectivity index (χ0v) is 15.2. The number of amides is 1. The maximum absolute atomic E-state index is 12.6. The Bertz CT molecular complexity index is 722. The highest BCUT2D eigenvalue weighted by Crippen LogP contribution is 2.28. The number of carbonyl (C=O) groups excluding carboxylic acids is 1. The number of rotatable bonds is 3. The van der Waals surface area contributed by atoms with Crippen molar-refractivity contribution in [3.8, 4) is 5.88 Å². The van der Waals surface area contributed by atoms with Crippen LogP contribution in [0.4, 0.5) is 0 Å². The summed E-state index contributed by atoms with van der Waals surface area (Å²) in [5.41, 5.74) is 0.974. The molecule has 3 rings (SSSR count). The molecular formula is C16H21BrN4O2. The smallest absolute Gasteiger partial charge is 0.263 e. The Kier molecular flexibility index (Phi) is 4.59. The van der Waals surface area contributed by atoms with Crippen molar-refractivity contribution in [1.82, 2.24) is 19.6 Å². The minimum absolute atomic E-state index is 0.0203. The van der Waals surface area contributed by atoms with Gasteiger partial charge in [-0.15, -0.1) is 5.10 Å². The largest absolute Gasteiger partial charge is 0.463 e. The van der Waals surface area contributed by atoms with Gasteiger partial charge >= 0.3 is 0 Å². The van der Waals surface area contributed by atoms with Gasteiger partial charge in [0.05, 0.1) is 10.9 Å². The van der Waals surface area contributed by atoms with E-state index in [1.165, 1.54) is 0 Å². The molecule has 2 aromatic rings. The fourth-order valence-corrected chi connectivity index (χ4v) is 3.16. The first kappa shape index (κ1) is 16.3. The Morgan fingerprint density at radius 3 is 2.65 bits per heavy atom. The summed E-state index contributed by atoms with van der Waals surface area (Å²) in [5, 5.41) is 5.31. The van der Waals surface area contributed by atoms with E-state index < -0.39 is 6.10 Å². The van der Waals surface area contributed by atoms with Gasteiger partial charge in [-0.3, -0.25) is 9.48 Å². The van der Waals surface area contributed by atoms with Crippen molar-refractivity contribution < 1.29 is 9.53 Å². The highest BCUT2D eigenvalue weighted by molar-refractivity contribution is 9.10. The fourth-order valence-electron chi connectivity index (χ4n) is 2.79. The number of aromatic nitrogens is 2. The van der Waals surface area contributed by atoms with Crippen LogP contribution in [0.1, 0.15) is 6.92 Å². The van der Waals surface area contributed by atoms with Crippen molar-refractivity contribution in [1.29, 1.82) is 0 Å². The Hall–Kier alpha value is -1.60. The highest BCUT2D eigenvalue weighted by atomic mass is 79.9. The average Bonchev–Trinajstić information content (AvgIpc) is 2.83. The summed E-state index contributed by atoms with van der Waals surface area (Å²) in [7, 11) is 3.94. The van der Waals surface area contributed by atoms with Crippen LogP contribution in [0.5, 0.6) is 5.88 Å².